The summed E-state index contributed by atoms with van der Waals surface area (Å²) in [6, 6.07) is 9.36. The minimum atomic E-state index is -0.147. The van der Waals surface area contributed by atoms with Crippen LogP contribution in [0.1, 0.15) is 55.7 Å². The molecule has 0 saturated heterocycles. The Labute approximate surface area is 176 Å². The van der Waals surface area contributed by atoms with Crippen molar-refractivity contribution in [2.24, 2.45) is 5.92 Å². The number of amides is 2. The Morgan fingerprint density at radius 3 is 2.66 bits per heavy atom. The highest BCUT2D eigenvalue weighted by Crippen LogP contribution is 2.24. The molecule has 2 N–H and O–H groups in total. The zero-order valence-corrected chi connectivity index (χ0v) is 17.9. The number of nitrogens with zero attached hydrogens (tertiary/aromatic N) is 3. The molecule has 0 spiro atoms. The lowest BCUT2D eigenvalue weighted by Crippen LogP contribution is -2.41. The Kier molecular flexibility index (Phi) is 7.69. The molecule has 29 heavy (non-hydrogen) atoms. The van der Waals surface area contributed by atoms with Gasteiger partial charge in [-0.1, -0.05) is 49.7 Å². The molecule has 1 aromatic heterocycles. The van der Waals surface area contributed by atoms with Crippen LogP contribution in [-0.4, -0.2) is 38.4 Å². The SMILES string of the molecule is CCn1c(CNC(=O)c2ccccc2)nnc1SCC(=O)N[C@H]1CCCC[C@H]1C. The van der Waals surface area contributed by atoms with Crippen LogP contribution in [0.3, 0.4) is 0 Å². The fourth-order valence-electron chi connectivity index (χ4n) is 3.63. The van der Waals surface area contributed by atoms with E-state index in [4.69, 9.17) is 0 Å². The van der Waals surface area contributed by atoms with Crippen LogP contribution in [-0.2, 0) is 17.9 Å². The molecule has 1 aliphatic rings. The van der Waals surface area contributed by atoms with Gasteiger partial charge in [0.25, 0.3) is 5.91 Å². The second kappa shape index (κ2) is 10.4. The standard InChI is InChI=1S/C21H29N5O2S/c1-3-26-18(13-22-20(28)16-10-5-4-6-11-16)24-25-21(26)29-14-19(27)23-17-12-8-7-9-15(17)2/h4-6,10-11,15,17H,3,7-9,12-14H2,1-2H3,(H,22,28)(H,23,27)/t15-,17+/m1/s1. The molecule has 1 fully saturated rings. The van der Waals surface area contributed by atoms with Gasteiger partial charge >= 0.3 is 0 Å². The molecule has 1 saturated carbocycles. The number of benzene rings is 1. The second-order valence-electron chi connectivity index (χ2n) is 7.42. The quantitative estimate of drug-likeness (QED) is 0.647. The van der Waals surface area contributed by atoms with E-state index in [0.29, 0.717) is 41.3 Å². The molecule has 3 rings (SSSR count). The molecule has 0 unspecified atom stereocenters. The summed E-state index contributed by atoms with van der Waals surface area (Å²) in [6.45, 7) is 5.18. The molecule has 0 aliphatic heterocycles. The molecule has 1 aliphatic carbocycles. The van der Waals surface area contributed by atoms with Crippen LogP contribution in [0, 0.1) is 5.92 Å². The number of carbonyl (C=O) groups excluding carboxylic acids is 2. The average Bonchev–Trinajstić information content (AvgIpc) is 3.14. The lowest BCUT2D eigenvalue weighted by Gasteiger charge is -2.29. The Bertz CT molecular complexity index is 824. The van der Waals surface area contributed by atoms with Crippen LogP contribution in [0.5, 0.6) is 0 Å². The highest BCUT2D eigenvalue weighted by atomic mass is 32.2. The maximum absolute atomic E-state index is 12.4. The lowest BCUT2D eigenvalue weighted by molar-refractivity contribution is -0.119. The van der Waals surface area contributed by atoms with Gasteiger partial charge in [0.1, 0.15) is 0 Å². The van der Waals surface area contributed by atoms with Gasteiger partial charge in [0.15, 0.2) is 11.0 Å². The van der Waals surface area contributed by atoms with Gasteiger partial charge in [-0.15, -0.1) is 10.2 Å². The normalized spacial score (nSPS) is 19.0. The highest BCUT2D eigenvalue weighted by Gasteiger charge is 2.23. The minimum absolute atomic E-state index is 0.0401. The molecule has 8 heteroatoms. The van der Waals surface area contributed by atoms with E-state index in [1.54, 1.807) is 12.1 Å². The van der Waals surface area contributed by atoms with Gasteiger partial charge in [0.2, 0.25) is 5.91 Å². The number of hydrogen-bond acceptors (Lipinski definition) is 5. The van der Waals surface area contributed by atoms with Crippen LogP contribution in [0.2, 0.25) is 0 Å². The van der Waals surface area contributed by atoms with Gasteiger partial charge in [-0.3, -0.25) is 9.59 Å². The van der Waals surface area contributed by atoms with E-state index in [9.17, 15) is 9.59 Å². The first-order valence-corrected chi connectivity index (χ1v) is 11.2. The zero-order chi connectivity index (χ0) is 20.6. The fraction of sp³-hybridized carbons (Fsp3) is 0.524. The van der Waals surface area contributed by atoms with Crippen molar-refractivity contribution in [2.75, 3.05) is 5.75 Å². The lowest BCUT2D eigenvalue weighted by atomic mass is 9.86. The van der Waals surface area contributed by atoms with Crippen molar-refractivity contribution in [3.63, 3.8) is 0 Å². The van der Waals surface area contributed by atoms with Crippen molar-refractivity contribution in [3.8, 4) is 0 Å². The van der Waals surface area contributed by atoms with Crippen LogP contribution >= 0.6 is 11.8 Å². The monoisotopic (exact) mass is 415 g/mol. The molecule has 2 aromatic rings. The summed E-state index contributed by atoms with van der Waals surface area (Å²) in [6.07, 6.45) is 4.68. The summed E-state index contributed by atoms with van der Waals surface area (Å²) in [7, 11) is 0. The van der Waals surface area contributed by atoms with Crippen LogP contribution < -0.4 is 10.6 Å². The molecule has 0 radical (unpaired) electrons. The predicted molar refractivity (Wildman–Crippen MR) is 114 cm³/mol. The Morgan fingerprint density at radius 2 is 1.93 bits per heavy atom. The number of carbonyl (C=O) groups is 2. The molecule has 1 heterocycles. The van der Waals surface area contributed by atoms with Gasteiger partial charge in [-0.2, -0.15) is 0 Å². The molecule has 156 valence electrons. The molecular formula is C21H29N5O2S. The summed E-state index contributed by atoms with van der Waals surface area (Å²) in [5.41, 5.74) is 0.610. The van der Waals surface area contributed by atoms with Crippen molar-refractivity contribution in [1.82, 2.24) is 25.4 Å². The topological polar surface area (TPSA) is 88.9 Å². The summed E-state index contributed by atoms with van der Waals surface area (Å²) < 4.78 is 1.94. The summed E-state index contributed by atoms with van der Waals surface area (Å²) >= 11 is 1.39. The third-order valence-electron chi connectivity index (χ3n) is 5.34. The maximum atomic E-state index is 12.4. The smallest absolute Gasteiger partial charge is 0.251 e. The first-order valence-electron chi connectivity index (χ1n) is 10.3. The van der Waals surface area contributed by atoms with Gasteiger partial charge in [-0.25, -0.2) is 0 Å². The van der Waals surface area contributed by atoms with Gasteiger partial charge in [0.05, 0.1) is 12.3 Å². The third-order valence-corrected chi connectivity index (χ3v) is 6.31. The molecule has 1 aromatic carbocycles. The van der Waals surface area contributed by atoms with Gasteiger partial charge in [0, 0.05) is 18.2 Å². The van der Waals surface area contributed by atoms with E-state index in [-0.39, 0.29) is 17.9 Å². The number of thioether (sulfide) groups is 1. The summed E-state index contributed by atoms with van der Waals surface area (Å²) in [5, 5.41) is 15.2. The fourth-order valence-corrected chi connectivity index (χ4v) is 4.47. The maximum Gasteiger partial charge on any atom is 0.251 e. The van der Waals surface area contributed by atoms with E-state index in [2.05, 4.69) is 27.8 Å². The number of hydrogen-bond donors (Lipinski definition) is 2. The first kappa shape index (κ1) is 21.4. The van der Waals surface area contributed by atoms with Crippen molar-refractivity contribution in [3.05, 3.63) is 41.7 Å². The van der Waals surface area contributed by atoms with E-state index >= 15 is 0 Å². The van der Waals surface area contributed by atoms with Crippen LogP contribution in [0.15, 0.2) is 35.5 Å². The Balaban J connectivity index is 1.52. The van der Waals surface area contributed by atoms with Crippen molar-refractivity contribution < 1.29 is 9.59 Å². The van der Waals surface area contributed by atoms with Crippen LogP contribution in [0.25, 0.3) is 0 Å². The summed E-state index contributed by atoms with van der Waals surface area (Å²) in [5.74, 6) is 1.43. The van der Waals surface area contributed by atoms with E-state index in [0.717, 1.165) is 6.42 Å². The van der Waals surface area contributed by atoms with Crippen LogP contribution in [0.4, 0.5) is 0 Å². The molecule has 7 nitrogen and oxygen atoms in total. The third kappa shape index (κ3) is 5.82. The molecular weight excluding hydrogens is 386 g/mol. The van der Waals surface area contributed by atoms with Crippen molar-refractivity contribution in [2.45, 2.75) is 63.8 Å². The van der Waals surface area contributed by atoms with Crippen molar-refractivity contribution >= 4 is 23.6 Å². The van der Waals surface area contributed by atoms with Gasteiger partial charge < -0.3 is 15.2 Å². The summed E-state index contributed by atoms with van der Waals surface area (Å²) in [4.78, 5) is 24.6. The molecule has 2 amide bonds. The van der Waals surface area contributed by atoms with E-state index in [1.807, 2.05) is 29.7 Å². The zero-order valence-electron chi connectivity index (χ0n) is 17.1. The Morgan fingerprint density at radius 1 is 1.17 bits per heavy atom. The molecule has 2 atom stereocenters. The minimum Gasteiger partial charge on any atom is -0.352 e. The first-order chi connectivity index (χ1) is 14.1. The number of nitrogens with one attached hydrogen (secondary N) is 2. The average molecular weight is 416 g/mol. The second-order valence-corrected chi connectivity index (χ2v) is 8.36. The number of rotatable bonds is 8. The van der Waals surface area contributed by atoms with E-state index < -0.39 is 0 Å². The Hall–Kier alpha value is -2.35. The largest absolute Gasteiger partial charge is 0.352 e. The van der Waals surface area contributed by atoms with Gasteiger partial charge in [-0.05, 0) is 37.8 Å². The van der Waals surface area contributed by atoms with Crippen molar-refractivity contribution in [1.29, 1.82) is 0 Å². The highest BCUT2D eigenvalue weighted by molar-refractivity contribution is 7.99. The number of aromatic nitrogens is 3. The van der Waals surface area contributed by atoms with E-state index in [1.165, 1.54) is 31.0 Å². The predicted octanol–water partition coefficient (Wildman–Crippen LogP) is 3.02. The molecule has 0 bridgehead atoms.